The van der Waals surface area contributed by atoms with Gasteiger partial charge in [-0.25, -0.2) is 4.79 Å². The number of hydrogen-bond acceptors (Lipinski definition) is 4. The number of nitrogens with zero attached hydrogens (tertiary/aromatic N) is 4. The molecule has 1 fully saturated rings. The lowest BCUT2D eigenvalue weighted by molar-refractivity contribution is 0.257. The number of aromatic nitrogens is 1. The average molecular weight is 526 g/mol. The predicted octanol–water partition coefficient (Wildman–Crippen LogP) is 6.02. The molecule has 0 aliphatic carbocycles. The zero-order chi connectivity index (χ0) is 26.1. The second-order valence-electron chi connectivity index (χ2n) is 10.3. The van der Waals surface area contributed by atoms with Crippen LogP contribution in [0.15, 0.2) is 72.8 Å². The van der Waals surface area contributed by atoms with Crippen molar-refractivity contribution in [3.05, 3.63) is 94.6 Å². The first-order chi connectivity index (χ1) is 18.5. The zero-order valence-corrected chi connectivity index (χ0v) is 22.4. The molecule has 7 heteroatoms. The summed E-state index contributed by atoms with van der Waals surface area (Å²) in [6.07, 6.45) is 2.67. The van der Waals surface area contributed by atoms with Gasteiger partial charge < -0.3 is 15.1 Å². The number of halogens is 1. The number of fused-ring (bicyclic) bond motifs is 2. The Balaban J connectivity index is 1.15. The molecule has 0 atom stereocenters. The van der Waals surface area contributed by atoms with E-state index in [1.165, 1.54) is 5.56 Å². The monoisotopic (exact) mass is 525 g/mol. The number of anilines is 3. The molecule has 2 aliphatic rings. The summed E-state index contributed by atoms with van der Waals surface area (Å²) in [5, 5.41) is 4.88. The molecule has 1 aromatic heterocycles. The number of carbonyl (C=O) groups excluding carboxylic acids is 1. The molecular weight excluding hydrogens is 494 g/mol. The van der Waals surface area contributed by atoms with Crippen LogP contribution >= 0.6 is 11.6 Å². The maximum Gasteiger partial charge on any atom is 0.326 e. The minimum absolute atomic E-state index is 0.123. The number of nitrogens with one attached hydrogen (secondary N) is 1. The van der Waals surface area contributed by atoms with E-state index in [2.05, 4.69) is 64.6 Å². The van der Waals surface area contributed by atoms with Crippen molar-refractivity contribution in [1.82, 2.24) is 9.88 Å². The highest BCUT2D eigenvalue weighted by Gasteiger charge is 2.28. The summed E-state index contributed by atoms with van der Waals surface area (Å²) in [5.41, 5.74) is 7.17. The fourth-order valence-electron chi connectivity index (χ4n) is 5.39. The van der Waals surface area contributed by atoms with Gasteiger partial charge in [-0.3, -0.25) is 9.88 Å². The van der Waals surface area contributed by atoms with Crippen LogP contribution in [0.2, 0.25) is 5.02 Å². The van der Waals surface area contributed by atoms with Gasteiger partial charge in [0.15, 0.2) is 0 Å². The van der Waals surface area contributed by atoms with E-state index in [9.17, 15) is 4.79 Å². The Morgan fingerprint density at radius 2 is 1.71 bits per heavy atom. The van der Waals surface area contributed by atoms with Gasteiger partial charge in [0.25, 0.3) is 0 Å². The number of aryl methyl sites for hydroxylation is 2. The summed E-state index contributed by atoms with van der Waals surface area (Å²) in [7, 11) is 2.14. The van der Waals surface area contributed by atoms with Gasteiger partial charge in [-0.1, -0.05) is 48.0 Å². The van der Waals surface area contributed by atoms with E-state index in [-0.39, 0.29) is 6.03 Å². The predicted molar refractivity (Wildman–Crippen MR) is 157 cm³/mol. The molecule has 2 amide bonds. The quantitative estimate of drug-likeness (QED) is 0.346. The first kappa shape index (κ1) is 24.7. The number of piperazine rings is 1. The van der Waals surface area contributed by atoms with Gasteiger partial charge in [0.05, 0.1) is 21.9 Å². The van der Waals surface area contributed by atoms with E-state index >= 15 is 0 Å². The largest absolute Gasteiger partial charge is 0.368 e. The van der Waals surface area contributed by atoms with Crippen LogP contribution in [-0.2, 0) is 19.3 Å². The Morgan fingerprint density at radius 3 is 2.53 bits per heavy atom. The van der Waals surface area contributed by atoms with E-state index < -0.39 is 0 Å². The normalized spacial score (nSPS) is 15.6. The number of likely N-dealkylation sites (N-methyl/N-ethyl adjacent to an activating group) is 1. The molecular formula is C31H32ClN5O. The molecule has 1 N–H and O–H groups in total. The molecule has 6 rings (SSSR count). The molecule has 0 bridgehead atoms. The summed E-state index contributed by atoms with van der Waals surface area (Å²) >= 11 is 6.67. The lowest BCUT2D eigenvalue weighted by Gasteiger charge is -2.35. The molecule has 3 heterocycles. The minimum atomic E-state index is -0.123. The van der Waals surface area contributed by atoms with Crippen LogP contribution in [0.4, 0.5) is 21.9 Å². The third kappa shape index (κ3) is 5.19. The molecule has 1 saturated heterocycles. The number of benzene rings is 3. The van der Waals surface area contributed by atoms with Crippen LogP contribution in [-0.4, -0.2) is 55.7 Å². The number of pyridine rings is 1. The first-order valence-electron chi connectivity index (χ1n) is 13.3. The minimum Gasteiger partial charge on any atom is -0.368 e. The number of hydrogen-bond donors (Lipinski definition) is 1. The number of carbonyl (C=O) groups is 1. The highest BCUT2D eigenvalue weighted by molar-refractivity contribution is 6.33. The summed E-state index contributed by atoms with van der Waals surface area (Å²) in [5.74, 6) is 0. The summed E-state index contributed by atoms with van der Waals surface area (Å²) in [6.45, 7) is 4.51. The van der Waals surface area contributed by atoms with Crippen molar-refractivity contribution in [1.29, 1.82) is 0 Å². The maximum absolute atomic E-state index is 13.3. The van der Waals surface area contributed by atoms with Crippen LogP contribution in [0.1, 0.15) is 16.8 Å². The van der Waals surface area contributed by atoms with Crippen LogP contribution in [0.5, 0.6) is 0 Å². The fraction of sp³-hybridized carbons (Fsp3) is 0.290. The zero-order valence-electron chi connectivity index (χ0n) is 21.7. The smallest absolute Gasteiger partial charge is 0.326 e. The number of amides is 2. The van der Waals surface area contributed by atoms with Crippen LogP contribution in [0, 0.1) is 0 Å². The molecule has 0 saturated carbocycles. The number of urea groups is 1. The Morgan fingerprint density at radius 1 is 0.895 bits per heavy atom. The van der Waals surface area contributed by atoms with Crippen LogP contribution in [0.3, 0.4) is 0 Å². The Bertz CT molecular complexity index is 1470. The third-order valence-corrected chi connectivity index (χ3v) is 7.95. The van der Waals surface area contributed by atoms with Gasteiger partial charge in [-0.2, -0.15) is 0 Å². The lowest BCUT2D eigenvalue weighted by atomic mass is 10.1. The van der Waals surface area contributed by atoms with E-state index in [1.54, 1.807) is 0 Å². The van der Waals surface area contributed by atoms with E-state index in [0.717, 1.165) is 89.7 Å². The van der Waals surface area contributed by atoms with Gasteiger partial charge in [-0.05, 0) is 73.8 Å². The van der Waals surface area contributed by atoms with E-state index in [4.69, 9.17) is 16.6 Å². The van der Waals surface area contributed by atoms with Gasteiger partial charge in [0, 0.05) is 49.5 Å². The van der Waals surface area contributed by atoms with Crippen molar-refractivity contribution < 1.29 is 4.79 Å². The van der Waals surface area contributed by atoms with Crippen molar-refractivity contribution in [3.8, 4) is 0 Å². The Labute approximate surface area is 228 Å². The first-order valence-corrected chi connectivity index (χ1v) is 13.7. The summed E-state index contributed by atoms with van der Waals surface area (Å²) in [4.78, 5) is 24.7. The van der Waals surface area contributed by atoms with Gasteiger partial charge >= 0.3 is 6.03 Å². The highest BCUT2D eigenvalue weighted by atomic mass is 35.5. The van der Waals surface area contributed by atoms with Crippen molar-refractivity contribution in [2.75, 3.05) is 54.9 Å². The van der Waals surface area contributed by atoms with E-state index in [0.29, 0.717) is 6.54 Å². The second kappa shape index (κ2) is 10.6. The van der Waals surface area contributed by atoms with Crippen molar-refractivity contribution >= 4 is 45.6 Å². The Hall–Kier alpha value is -3.61. The molecule has 0 unspecified atom stereocenters. The maximum atomic E-state index is 13.3. The number of rotatable bonds is 5. The second-order valence-corrected chi connectivity index (χ2v) is 10.7. The summed E-state index contributed by atoms with van der Waals surface area (Å²) < 4.78 is 0. The molecule has 3 aromatic carbocycles. The fourth-order valence-corrected chi connectivity index (χ4v) is 5.70. The summed E-state index contributed by atoms with van der Waals surface area (Å²) in [6, 6.07) is 24.6. The third-order valence-electron chi connectivity index (χ3n) is 7.64. The molecule has 38 heavy (non-hydrogen) atoms. The van der Waals surface area contributed by atoms with E-state index in [1.807, 2.05) is 35.2 Å². The SMILES string of the molecule is CN1CCN(c2cc3c(cc2Cl)CCN3C(=O)Nc2ccc3nc(CCc4ccccc4)ccc3c2)CC1. The molecule has 2 aliphatic heterocycles. The van der Waals surface area contributed by atoms with Crippen molar-refractivity contribution in [2.24, 2.45) is 0 Å². The molecule has 0 radical (unpaired) electrons. The van der Waals surface area contributed by atoms with Gasteiger partial charge in [0.1, 0.15) is 0 Å². The molecule has 194 valence electrons. The molecule has 4 aromatic rings. The molecule has 0 spiro atoms. The topological polar surface area (TPSA) is 51.7 Å². The van der Waals surface area contributed by atoms with Crippen LogP contribution in [0.25, 0.3) is 10.9 Å². The van der Waals surface area contributed by atoms with Gasteiger partial charge in [-0.15, -0.1) is 0 Å². The van der Waals surface area contributed by atoms with Crippen LogP contribution < -0.4 is 15.1 Å². The van der Waals surface area contributed by atoms with Crippen molar-refractivity contribution in [3.63, 3.8) is 0 Å². The lowest BCUT2D eigenvalue weighted by Crippen LogP contribution is -2.44. The average Bonchev–Trinajstić information content (AvgIpc) is 3.35. The van der Waals surface area contributed by atoms with Crippen molar-refractivity contribution in [2.45, 2.75) is 19.3 Å². The molecule has 6 nitrogen and oxygen atoms in total. The highest BCUT2D eigenvalue weighted by Crippen LogP contribution is 2.38. The van der Waals surface area contributed by atoms with Gasteiger partial charge in [0.2, 0.25) is 0 Å². The standard InChI is InChI=1S/C31H32ClN5O/c1-35-15-17-36(18-16-35)30-21-29-24(20-27(30)32)13-14-37(29)31(38)34-26-11-12-28-23(19-26)8-10-25(33-28)9-7-22-5-3-2-4-6-22/h2-6,8,10-12,19-21H,7,9,13-18H2,1H3,(H,34,38). The Kier molecular flexibility index (Phi) is 6.92.